The quantitative estimate of drug-likeness (QED) is 0.883. The molecule has 2 heterocycles. The van der Waals surface area contributed by atoms with E-state index in [-0.39, 0.29) is 24.9 Å². The number of likely N-dealkylation sites (tertiary alicyclic amines) is 1. The Balaban J connectivity index is 1.71. The number of amides is 1. The van der Waals surface area contributed by atoms with E-state index in [0.29, 0.717) is 18.7 Å². The van der Waals surface area contributed by atoms with E-state index in [1.165, 1.54) is 0 Å². The van der Waals surface area contributed by atoms with Crippen molar-refractivity contribution in [2.45, 2.75) is 44.8 Å². The Bertz CT molecular complexity index is 774. The summed E-state index contributed by atoms with van der Waals surface area (Å²) >= 11 is 0. The molecule has 0 aliphatic carbocycles. The number of ether oxygens (including phenoxy) is 1. The molecule has 1 N–H and O–H groups in total. The SMILES string of the molecule is COc1cccc(CC(=O)N2CCCC(O)(c3cn(C(C)C)nn3)C2)c1. The smallest absolute Gasteiger partial charge is 0.227 e. The number of benzene rings is 1. The second-order valence-electron chi connectivity index (χ2n) is 7.16. The van der Waals surface area contributed by atoms with Gasteiger partial charge in [0.15, 0.2) is 0 Å². The zero-order valence-electron chi connectivity index (χ0n) is 15.6. The average Bonchev–Trinajstić information content (AvgIpc) is 3.13. The second-order valence-corrected chi connectivity index (χ2v) is 7.16. The van der Waals surface area contributed by atoms with Crippen molar-refractivity contribution in [1.29, 1.82) is 0 Å². The molecular formula is C19H26N4O3. The van der Waals surface area contributed by atoms with Gasteiger partial charge in [0.25, 0.3) is 0 Å². The first-order chi connectivity index (χ1) is 12.4. The summed E-state index contributed by atoms with van der Waals surface area (Å²) in [7, 11) is 1.61. The van der Waals surface area contributed by atoms with Crippen LogP contribution >= 0.6 is 0 Å². The highest BCUT2D eigenvalue weighted by Gasteiger charge is 2.39. The van der Waals surface area contributed by atoms with Crippen molar-refractivity contribution in [3.05, 3.63) is 41.7 Å². The van der Waals surface area contributed by atoms with Crippen molar-refractivity contribution in [2.24, 2.45) is 0 Å². The van der Waals surface area contributed by atoms with Gasteiger partial charge in [-0.15, -0.1) is 5.10 Å². The monoisotopic (exact) mass is 358 g/mol. The summed E-state index contributed by atoms with van der Waals surface area (Å²) in [5, 5.41) is 19.3. The third kappa shape index (κ3) is 3.88. The molecule has 1 saturated heterocycles. The molecule has 7 heteroatoms. The summed E-state index contributed by atoms with van der Waals surface area (Å²) in [5.41, 5.74) is 0.286. The molecule has 0 spiro atoms. The Labute approximate surface area is 153 Å². The van der Waals surface area contributed by atoms with E-state index in [9.17, 15) is 9.90 Å². The van der Waals surface area contributed by atoms with E-state index in [1.54, 1.807) is 22.9 Å². The summed E-state index contributed by atoms with van der Waals surface area (Å²) in [6, 6.07) is 7.67. The number of piperidine rings is 1. The fourth-order valence-electron chi connectivity index (χ4n) is 3.27. The summed E-state index contributed by atoms with van der Waals surface area (Å²) in [4.78, 5) is 14.5. The molecule has 1 unspecified atom stereocenters. The van der Waals surface area contributed by atoms with E-state index >= 15 is 0 Å². The number of carbonyl (C=O) groups is 1. The zero-order chi connectivity index (χ0) is 18.7. The van der Waals surface area contributed by atoms with Gasteiger partial charge in [0.2, 0.25) is 5.91 Å². The number of rotatable bonds is 5. The molecule has 0 radical (unpaired) electrons. The normalized spacial score (nSPS) is 20.4. The third-order valence-electron chi connectivity index (χ3n) is 4.83. The maximum atomic E-state index is 12.7. The van der Waals surface area contributed by atoms with Crippen LogP contribution < -0.4 is 4.74 Å². The van der Waals surface area contributed by atoms with E-state index in [1.807, 2.05) is 38.1 Å². The molecule has 1 aromatic heterocycles. The van der Waals surface area contributed by atoms with Gasteiger partial charge < -0.3 is 14.7 Å². The molecule has 7 nitrogen and oxygen atoms in total. The van der Waals surface area contributed by atoms with Crippen LogP contribution in [0.3, 0.4) is 0 Å². The lowest BCUT2D eigenvalue weighted by Crippen LogP contribution is -2.49. The number of methoxy groups -OCH3 is 1. The predicted octanol–water partition coefficient (Wildman–Crippen LogP) is 1.92. The predicted molar refractivity (Wildman–Crippen MR) is 96.8 cm³/mol. The van der Waals surface area contributed by atoms with E-state index in [0.717, 1.165) is 17.7 Å². The largest absolute Gasteiger partial charge is 0.497 e. The summed E-state index contributed by atoms with van der Waals surface area (Å²) < 4.78 is 6.94. The van der Waals surface area contributed by atoms with Crippen LogP contribution in [-0.2, 0) is 16.8 Å². The highest BCUT2D eigenvalue weighted by Crippen LogP contribution is 2.30. The topological polar surface area (TPSA) is 80.5 Å². The van der Waals surface area contributed by atoms with Crippen molar-refractivity contribution in [2.75, 3.05) is 20.2 Å². The molecule has 26 heavy (non-hydrogen) atoms. The molecular weight excluding hydrogens is 332 g/mol. The first kappa shape index (κ1) is 18.4. The maximum absolute atomic E-state index is 12.7. The number of β-amino-alcohol motifs (C(OH)–C–C–N with tert-alkyl or cyclic N) is 1. The molecule has 0 saturated carbocycles. The summed E-state index contributed by atoms with van der Waals surface area (Å²) in [6.45, 7) is 4.90. The standard InChI is InChI=1S/C19H26N4O3/c1-14(2)23-12-17(20-21-23)19(25)8-5-9-22(13-19)18(24)11-15-6-4-7-16(10-15)26-3/h4,6-7,10,12,14,25H,5,8-9,11,13H2,1-3H3. The Morgan fingerprint density at radius 1 is 1.42 bits per heavy atom. The van der Waals surface area contributed by atoms with E-state index in [4.69, 9.17) is 4.74 Å². The average molecular weight is 358 g/mol. The van der Waals surface area contributed by atoms with Crippen LogP contribution in [0.5, 0.6) is 5.75 Å². The van der Waals surface area contributed by atoms with Crippen molar-refractivity contribution in [1.82, 2.24) is 19.9 Å². The summed E-state index contributed by atoms with van der Waals surface area (Å²) in [6.07, 6.45) is 3.37. The Kier molecular flexibility index (Phi) is 5.27. The van der Waals surface area contributed by atoms with E-state index < -0.39 is 5.60 Å². The number of hydrogen-bond acceptors (Lipinski definition) is 5. The highest BCUT2D eigenvalue weighted by molar-refractivity contribution is 5.79. The van der Waals surface area contributed by atoms with Gasteiger partial charge in [0, 0.05) is 12.6 Å². The molecule has 140 valence electrons. The molecule has 1 aliphatic heterocycles. The Morgan fingerprint density at radius 2 is 2.23 bits per heavy atom. The van der Waals surface area contributed by atoms with Crippen molar-refractivity contribution in [3.8, 4) is 5.75 Å². The minimum Gasteiger partial charge on any atom is -0.497 e. The van der Waals surface area contributed by atoms with Gasteiger partial charge in [-0.1, -0.05) is 17.3 Å². The van der Waals surface area contributed by atoms with Gasteiger partial charge >= 0.3 is 0 Å². The van der Waals surface area contributed by atoms with Crippen LogP contribution in [-0.4, -0.2) is 51.1 Å². The number of hydrogen-bond donors (Lipinski definition) is 1. The lowest BCUT2D eigenvalue weighted by molar-refractivity contribution is -0.138. The molecule has 1 fully saturated rings. The fourth-order valence-corrected chi connectivity index (χ4v) is 3.27. The fraction of sp³-hybridized carbons (Fsp3) is 0.526. The van der Waals surface area contributed by atoms with Crippen LogP contribution in [0, 0.1) is 0 Å². The van der Waals surface area contributed by atoms with Crippen LogP contribution in [0.2, 0.25) is 0 Å². The Hall–Kier alpha value is -2.41. The van der Waals surface area contributed by atoms with Crippen molar-refractivity contribution in [3.63, 3.8) is 0 Å². The minimum atomic E-state index is -1.14. The van der Waals surface area contributed by atoms with Crippen LogP contribution in [0.4, 0.5) is 0 Å². The van der Waals surface area contributed by atoms with Crippen LogP contribution in [0.1, 0.15) is 44.0 Å². The van der Waals surface area contributed by atoms with Gasteiger partial charge in [0.1, 0.15) is 17.0 Å². The highest BCUT2D eigenvalue weighted by atomic mass is 16.5. The number of nitrogens with zero attached hydrogens (tertiary/aromatic N) is 4. The molecule has 1 atom stereocenters. The molecule has 1 amide bonds. The number of aromatic nitrogens is 3. The van der Waals surface area contributed by atoms with Crippen LogP contribution in [0.15, 0.2) is 30.5 Å². The van der Waals surface area contributed by atoms with Gasteiger partial charge in [-0.05, 0) is 44.4 Å². The molecule has 1 aromatic carbocycles. The zero-order valence-corrected chi connectivity index (χ0v) is 15.6. The lowest BCUT2D eigenvalue weighted by atomic mass is 9.89. The van der Waals surface area contributed by atoms with Gasteiger partial charge in [0.05, 0.1) is 26.3 Å². The first-order valence-electron chi connectivity index (χ1n) is 8.97. The van der Waals surface area contributed by atoms with E-state index in [2.05, 4.69) is 10.3 Å². The number of carbonyl (C=O) groups excluding carboxylic acids is 1. The second kappa shape index (κ2) is 7.45. The van der Waals surface area contributed by atoms with Crippen molar-refractivity contribution < 1.29 is 14.6 Å². The molecule has 0 bridgehead atoms. The maximum Gasteiger partial charge on any atom is 0.227 e. The third-order valence-corrected chi connectivity index (χ3v) is 4.83. The minimum absolute atomic E-state index is 0.00682. The molecule has 1 aliphatic rings. The Morgan fingerprint density at radius 3 is 2.92 bits per heavy atom. The lowest BCUT2D eigenvalue weighted by Gasteiger charge is -2.38. The summed E-state index contributed by atoms with van der Waals surface area (Å²) in [5.74, 6) is 0.725. The van der Waals surface area contributed by atoms with Crippen molar-refractivity contribution >= 4 is 5.91 Å². The molecule has 2 aromatic rings. The van der Waals surface area contributed by atoms with Gasteiger partial charge in [-0.25, -0.2) is 4.68 Å². The number of aliphatic hydroxyl groups is 1. The van der Waals surface area contributed by atoms with Gasteiger partial charge in [-0.3, -0.25) is 4.79 Å². The first-order valence-corrected chi connectivity index (χ1v) is 8.97. The van der Waals surface area contributed by atoms with Crippen LogP contribution in [0.25, 0.3) is 0 Å². The van der Waals surface area contributed by atoms with Gasteiger partial charge in [-0.2, -0.15) is 0 Å². The molecule has 3 rings (SSSR count).